The quantitative estimate of drug-likeness (QED) is 0.763. The molecule has 1 aliphatic rings. The molecule has 5 heteroatoms. The normalized spacial score (nSPS) is 13.7. The van der Waals surface area contributed by atoms with Crippen LogP contribution in [0.2, 0.25) is 0 Å². The lowest BCUT2D eigenvalue weighted by Crippen LogP contribution is -2.33. The lowest BCUT2D eigenvalue weighted by atomic mass is 10.2. The van der Waals surface area contributed by atoms with Gasteiger partial charge in [0.15, 0.2) is 0 Å². The molecule has 5 nitrogen and oxygen atoms in total. The zero-order valence-electron chi connectivity index (χ0n) is 10.4. The number of allylic oxidation sites excluding steroid dienone is 2. The van der Waals surface area contributed by atoms with Crippen LogP contribution in [0.25, 0.3) is 0 Å². The summed E-state index contributed by atoms with van der Waals surface area (Å²) in [6.45, 7) is 0.134. The van der Waals surface area contributed by atoms with Crippen molar-refractivity contribution in [1.82, 2.24) is 4.90 Å². The summed E-state index contributed by atoms with van der Waals surface area (Å²) in [6.07, 6.45) is 4.22. The molecule has 1 amide bonds. The minimum atomic E-state index is -0.544. The van der Waals surface area contributed by atoms with Crippen molar-refractivity contribution in [3.8, 4) is 5.75 Å². The first-order valence-electron chi connectivity index (χ1n) is 5.70. The Morgan fingerprint density at radius 1 is 1.21 bits per heavy atom. The highest BCUT2D eigenvalue weighted by molar-refractivity contribution is 5.90. The Morgan fingerprint density at radius 2 is 1.95 bits per heavy atom. The van der Waals surface area contributed by atoms with Gasteiger partial charge in [0.2, 0.25) is 0 Å². The molecule has 98 valence electrons. The molecule has 0 spiro atoms. The number of hydrogen-bond donors (Lipinski definition) is 0. The third kappa shape index (κ3) is 3.22. The first-order valence-corrected chi connectivity index (χ1v) is 5.70. The van der Waals surface area contributed by atoms with Crippen LogP contribution in [0.4, 0.5) is 4.79 Å². The number of benzene rings is 1. The van der Waals surface area contributed by atoms with Crippen molar-refractivity contribution in [3.05, 3.63) is 54.3 Å². The van der Waals surface area contributed by atoms with E-state index in [4.69, 9.17) is 4.74 Å². The van der Waals surface area contributed by atoms with Gasteiger partial charge in [-0.3, -0.25) is 4.90 Å². The Morgan fingerprint density at radius 3 is 2.63 bits per heavy atom. The van der Waals surface area contributed by atoms with Gasteiger partial charge in [-0.2, -0.15) is 0 Å². The molecule has 0 fully saturated rings. The fraction of sp³-hybridized carbons (Fsp3) is 0.143. The van der Waals surface area contributed by atoms with E-state index in [0.717, 1.165) is 0 Å². The number of rotatable bonds is 2. The fourth-order valence-corrected chi connectivity index (χ4v) is 1.59. The Bertz CT molecular complexity index is 534. The minimum absolute atomic E-state index is 0.134. The van der Waals surface area contributed by atoms with E-state index in [1.54, 1.807) is 42.6 Å². The Kier molecular flexibility index (Phi) is 3.97. The van der Waals surface area contributed by atoms with Crippen LogP contribution >= 0.6 is 0 Å². The number of carbonyl (C=O) groups is 2. The van der Waals surface area contributed by atoms with Gasteiger partial charge in [-0.1, -0.05) is 18.2 Å². The molecule has 0 N–H and O–H groups in total. The van der Waals surface area contributed by atoms with Crippen molar-refractivity contribution in [1.29, 1.82) is 0 Å². The monoisotopic (exact) mass is 259 g/mol. The van der Waals surface area contributed by atoms with Gasteiger partial charge in [0.1, 0.15) is 5.75 Å². The summed E-state index contributed by atoms with van der Waals surface area (Å²) in [5.41, 5.74) is 0.398. The van der Waals surface area contributed by atoms with Crippen LogP contribution in [0, 0.1) is 0 Å². The average Bonchev–Trinajstić information content (AvgIpc) is 2.47. The summed E-state index contributed by atoms with van der Waals surface area (Å²) in [4.78, 5) is 24.6. The van der Waals surface area contributed by atoms with E-state index >= 15 is 0 Å². The van der Waals surface area contributed by atoms with Crippen molar-refractivity contribution in [2.75, 3.05) is 13.7 Å². The maximum Gasteiger partial charge on any atom is 0.419 e. The molecule has 1 aromatic carbocycles. The van der Waals surface area contributed by atoms with Gasteiger partial charge in [0.25, 0.3) is 0 Å². The molecule has 0 aliphatic carbocycles. The smallest absolute Gasteiger partial charge is 0.419 e. The highest BCUT2D eigenvalue weighted by Gasteiger charge is 2.21. The van der Waals surface area contributed by atoms with Crippen molar-refractivity contribution in [3.63, 3.8) is 0 Å². The highest BCUT2D eigenvalue weighted by Crippen LogP contribution is 2.14. The maximum atomic E-state index is 11.9. The molecule has 0 saturated carbocycles. The molecule has 1 aromatic rings. The number of hydrogen-bond acceptors (Lipinski definition) is 4. The molecule has 0 unspecified atom stereocenters. The fourth-order valence-electron chi connectivity index (χ4n) is 1.59. The molecular weight excluding hydrogens is 246 g/mol. The number of esters is 1. The number of carbonyl (C=O) groups excluding carboxylic acids is 2. The van der Waals surface area contributed by atoms with E-state index in [2.05, 4.69) is 4.74 Å². The van der Waals surface area contributed by atoms with E-state index in [1.807, 2.05) is 6.07 Å². The molecule has 0 atom stereocenters. The number of methoxy groups -OCH3 is 1. The van der Waals surface area contributed by atoms with Crippen LogP contribution in [-0.4, -0.2) is 30.6 Å². The number of para-hydroxylation sites is 1. The summed E-state index contributed by atoms with van der Waals surface area (Å²) in [5.74, 6) is -0.00284. The van der Waals surface area contributed by atoms with Gasteiger partial charge >= 0.3 is 12.1 Å². The Hall–Kier alpha value is -2.56. The summed E-state index contributed by atoms with van der Waals surface area (Å²) >= 11 is 0. The van der Waals surface area contributed by atoms with Crippen LogP contribution in [0.1, 0.15) is 0 Å². The number of amides is 1. The Labute approximate surface area is 110 Å². The van der Waals surface area contributed by atoms with Crippen molar-refractivity contribution in [2.24, 2.45) is 0 Å². The van der Waals surface area contributed by atoms with Gasteiger partial charge in [0.05, 0.1) is 19.2 Å². The Balaban J connectivity index is 2.00. The topological polar surface area (TPSA) is 55.8 Å². The van der Waals surface area contributed by atoms with Crippen LogP contribution < -0.4 is 4.74 Å². The third-order valence-electron chi connectivity index (χ3n) is 2.53. The summed E-state index contributed by atoms with van der Waals surface area (Å²) in [7, 11) is 1.30. The predicted molar refractivity (Wildman–Crippen MR) is 68.4 cm³/mol. The third-order valence-corrected chi connectivity index (χ3v) is 2.53. The van der Waals surface area contributed by atoms with Crippen molar-refractivity contribution >= 4 is 12.1 Å². The zero-order valence-corrected chi connectivity index (χ0v) is 10.4. The molecule has 1 aliphatic heterocycles. The summed E-state index contributed by atoms with van der Waals surface area (Å²) in [5, 5.41) is 0. The largest absolute Gasteiger partial charge is 0.466 e. The number of nitrogens with zero attached hydrogens (tertiary/aromatic N) is 1. The van der Waals surface area contributed by atoms with E-state index < -0.39 is 12.1 Å². The van der Waals surface area contributed by atoms with E-state index in [-0.39, 0.29) is 6.54 Å². The standard InChI is InChI=1S/C14H13NO4/c1-18-13(16)11-6-5-9-15(10-11)14(17)19-12-7-3-2-4-8-12/h2-9H,10H2,1H3. The first-order chi connectivity index (χ1) is 9.20. The van der Waals surface area contributed by atoms with E-state index in [9.17, 15) is 9.59 Å². The van der Waals surface area contributed by atoms with Crippen LogP contribution in [-0.2, 0) is 9.53 Å². The minimum Gasteiger partial charge on any atom is -0.466 e. The molecule has 0 saturated heterocycles. The SMILES string of the molecule is COC(=O)C1=CC=CN(C(=O)Oc2ccccc2)C1. The maximum absolute atomic E-state index is 11.9. The van der Waals surface area contributed by atoms with Crippen molar-refractivity contribution in [2.45, 2.75) is 0 Å². The molecule has 19 heavy (non-hydrogen) atoms. The van der Waals surface area contributed by atoms with Crippen LogP contribution in [0.5, 0.6) is 5.75 Å². The van der Waals surface area contributed by atoms with Gasteiger partial charge in [-0.05, 0) is 24.3 Å². The molecule has 0 radical (unpaired) electrons. The van der Waals surface area contributed by atoms with E-state index in [0.29, 0.717) is 11.3 Å². The second-order valence-corrected chi connectivity index (χ2v) is 3.83. The summed E-state index contributed by atoms with van der Waals surface area (Å²) < 4.78 is 9.79. The second-order valence-electron chi connectivity index (χ2n) is 3.83. The lowest BCUT2D eigenvalue weighted by Gasteiger charge is -2.21. The molecular formula is C14H13NO4. The number of ether oxygens (including phenoxy) is 2. The van der Waals surface area contributed by atoms with Gasteiger partial charge in [0, 0.05) is 6.20 Å². The van der Waals surface area contributed by atoms with E-state index in [1.165, 1.54) is 12.0 Å². The first kappa shape index (κ1) is 12.9. The molecule has 1 heterocycles. The highest BCUT2D eigenvalue weighted by atomic mass is 16.6. The summed E-state index contributed by atoms with van der Waals surface area (Å²) in [6, 6.07) is 8.74. The van der Waals surface area contributed by atoms with Gasteiger partial charge < -0.3 is 9.47 Å². The molecule has 2 rings (SSSR count). The van der Waals surface area contributed by atoms with Gasteiger partial charge in [-0.25, -0.2) is 9.59 Å². The molecule has 0 aromatic heterocycles. The second kappa shape index (κ2) is 5.86. The zero-order chi connectivity index (χ0) is 13.7. The molecule has 0 bridgehead atoms. The van der Waals surface area contributed by atoms with Crippen LogP contribution in [0.15, 0.2) is 54.3 Å². The lowest BCUT2D eigenvalue weighted by molar-refractivity contribution is -0.136. The van der Waals surface area contributed by atoms with Crippen molar-refractivity contribution < 1.29 is 19.1 Å². The predicted octanol–water partition coefficient (Wildman–Crippen LogP) is 2.11. The van der Waals surface area contributed by atoms with Gasteiger partial charge in [-0.15, -0.1) is 0 Å². The van der Waals surface area contributed by atoms with Crippen LogP contribution in [0.3, 0.4) is 0 Å². The average molecular weight is 259 g/mol.